The quantitative estimate of drug-likeness (QED) is 0.451. The van der Waals surface area contributed by atoms with Gasteiger partial charge in [0, 0.05) is 23.5 Å². The number of carbonyl (C=O) groups excluding carboxylic acids is 1. The number of aryl methyl sites for hydroxylation is 1. The SMILES string of the molecule is Cc1ccc(-c2ccc3nc(N)nn3c2)cc1NC(=O)N1OCCCC1c1cc(F)cc(F)c1. The lowest BCUT2D eigenvalue weighted by molar-refractivity contribution is -0.169. The van der Waals surface area contributed by atoms with Gasteiger partial charge >= 0.3 is 6.03 Å². The number of rotatable bonds is 3. The molecule has 1 unspecified atom stereocenters. The number of nitrogens with one attached hydrogen (secondary N) is 1. The number of urea groups is 1. The van der Waals surface area contributed by atoms with Crippen LogP contribution in [-0.4, -0.2) is 32.3 Å². The van der Waals surface area contributed by atoms with E-state index in [9.17, 15) is 13.6 Å². The van der Waals surface area contributed by atoms with E-state index in [1.807, 2.05) is 31.2 Å². The molecular weight excluding hydrogens is 442 g/mol. The third-order valence-electron chi connectivity index (χ3n) is 5.77. The molecule has 2 aromatic carbocycles. The Labute approximate surface area is 193 Å². The van der Waals surface area contributed by atoms with E-state index in [1.54, 1.807) is 16.8 Å². The highest BCUT2D eigenvalue weighted by molar-refractivity contribution is 5.91. The number of benzene rings is 2. The smallest absolute Gasteiger partial charge is 0.346 e. The molecule has 1 saturated heterocycles. The number of aromatic nitrogens is 3. The molecular formula is C24H22F2N6O2. The molecule has 2 aromatic heterocycles. The fourth-order valence-corrected chi connectivity index (χ4v) is 4.09. The first kappa shape index (κ1) is 21.8. The number of anilines is 2. The Morgan fingerprint density at radius 2 is 1.88 bits per heavy atom. The molecule has 34 heavy (non-hydrogen) atoms. The largest absolute Gasteiger partial charge is 0.366 e. The summed E-state index contributed by atoms with van der Waals surface area (Å²) >= 11 is 0. The van der Waals surface area contributed by atoms with E-state index in [-0.39, 0.29) is 5.95 Å². The van der Waals surface area contributed by atoms with Crippen LogP contribution in [0.4, 0.5) is 25.2 Å². The molecule has 1 aliphatic rings. The Morgan fingerprint density at radius 3 is 2.68 bits per heavy atom. The van der Waals surface area contributed by atoms with Gasteiger partial charge in [0.1, 0.15) is 11.6 Å². The number of halogens is 2. The van der Waals surface area contributed by atoms with Crippen LogP contribution < -0.4 is 11.1 Å². The van der Waals surface area contributed by atoms with Crippen LogP contribution >= 0.6 is 0 Å². The van der Waals surface area contributed by atoms with E-state index in [0.29, 0.717) is 36.3 Å². The Kier molecular flexibility index (Phi) is 5.58. The average Bonchev–Trinajstić information content (AvgIpc) is 3.19. The second-order valence-corrected chi connectivity index (χ2v) is 8.17. The topological polar surface area (TPSA) is 97.8 Å². The van der Waals surface area contributed by atoms with Gasteiger partial charge in [-0.05, 0) is 66.8 Å². The zero-order valence-electron chi connectivity index (χ0n) is 18.3. The van der Waals surface area contributed by atoms with Crippen LogP contribution in [0.2, 0.25) is 0 Å². The predicted molar refractivity (Wildman–Crippen MR) is 123 cm³/mol. The normalized spacial score (nSPS) is 16.1. The first-order chi connectivity index (χ1) is 16.4. The van der Waals surface area contributed by atoms with Crippen molar-refractivity contribution in [3.05, 3.63) is 77.5 Å². The zero-order valence-corrected chi connectivity index (χ0v) is 18.3. The summed E-state index contributed by atoms with van der Waals surface area (Å²) in [5.74, 6) is -1.21. The van der Waals surface area contributed by atoms with Crippen molar-refractivity contribution < 1.29 is 18.4 Å². The molecule has 3 heterocycles. The van der Waals surface area contributed by atoms with Crippen LogP contribution in [0.3, 0.4) is 0 Å². The lowest BCUT2D eigenvalue weighted by Crippen LogP contribution is -2.41. The van der Waals surface area contributed by atoms with Gasteiger partial charge in [-0.2, -0.15) is 10.0 Å². The molecule has 1 fully saturated rings. The number of amides is 2. The summed E-state index contributed by atoms with van der Waals surface area (Å²) in [6.45, 7) is 2.21. The molecule has 0 saturated carbocycles. The van der Waals surface area contributed by atoms with Crippen molar-refractivity contribution in [2.75, 3.05) is 17.7 Å². The molecule has 1 atom stereocenters. The predicted octanol–water partition coefficient (Wildman–Crippen LogP) is 4.87. The van der Waals surface area contributed by atoms with Crippen molar-refractivity contribution in [3.63, 3.8) is 0 Å². The number of carbonyl (C=O) groups is 1. The van der Waals surface area contributed by atoms with Gasteiger partial charge in [0.05, 0.1) is 12.6 Å². The third kappa shape index (κ3) is 4.27. The van der Waals surface area contributed by atoms with E-state index in [4.69, 9.17) is 10.6 Å². The van der Waals surface area contributed by atoms with E-state index in [0.717, 1.165) is 27.8 Å². The highest BCUT2D eigenvalue weighted by Gasteiger charge is 2.30. The highest BCUT2D eigenvalue weighted by atomic mass is 19.1. The Hall–Kier alpha value is -4.05. The van der Waals surface area contributed by atoms with Gasteiger partial charge in [0.15, 0.2) is 5.65 Å². The van der Waals surface area contributed by atoms with E-state index < -0.39 is 23.7 Å². The van der Waals surface area contributed by atoms with Crippen LogP contribution in [0.1, 0.15) is 30.0 Å². The van der Waals surface area contributed by atoms with E-state index in [1.165, 1.54) is 12.1 Å². The van der Waals surface area contributed by atoms with Crippen LogP contribution in [0, 0.1) is 18.6 Å². The van der Waals surface area contributed by atoms with Gasteiger partial charge in [0.25, 0.3) is 0 Å². The number of nitrogen functional groups attached to an aromatic ring is 1. The molecule has 174 valence electrons. The first-order valence-electron chi connectivity index (χ1n) is 10.8. The number of hydroxylamine groups is 2. The number of hydrogen-bond donors (Lipinski definition) is 2. The second kappa shape index (κ2) is 8.71. The van der Waals surface area contributed by atoms with Gasteiger partial charge in [-0.25, -0.2) is 18.1 Å². The van der Waals surface area contributed by atoms with Gasteiger partial charge in [0.2, 0.25) is 5.95 Å². The molecule has 10 heteroatoms. The van der Waals surface area contributed by atoms with Crippen molar-refractivity contribution in [2.24, 2.45) is 0 Å². The maximum absolute atomic E-state index is 13.8. The molecule has 0 spiro atoms. The molecule has 4 aromatic rings. The maximum Gasteiger partial charge on any atom is 0.346 e. The van der Waals surface area contributed by atoms with Crippen LogP contribution in [-0.2, 0) is 4.84 Å². The lowest BCUT2D eigenvalue weighted by atomic mass is 10.0. The van der Waals surface area contributed by atoms with Crippen molar-refractivity contribution in [1.82, 2.24) is 19.7 Å². The minimum absolute atomic E-state index is 0.184. The molecule has 8 nitrogen and oxygen atoms in total. The molecule has 0 radical (unpaired) electrons. The minimum atomic E-state index is -0.699. The van der Waals surface area contributed by atoms with Crippen molar-refractivity contribution in [2.45, 2.75) is 25.8 Å². The average molecular weight is 464 g/mol. The summed E-state index contributed by atoms with van der Waals surface area (Å²) in [4.78, 5) is 22.9. The first-order valence-corrected chi connectivity index (χ1v) is 10.8. The lowest BCUT2D eigenvalue weighted by Gasteiger charge is -2.34. The molecule has 2 amide bonds. The fraction of sp³-hybridized carbons (Fsp3) is 0.208. The van der Waals surface area contributed by atoms with Crippen molar-refractivity contribution >= 4 is 23.3 Å². The second-order valence-electron chi connectivity index (χ2n) is 8.17. The monoisotopic (exact) mass is 464 g/mol. The van der Waals surface area contributed by atoms with Crippen LogP contribution in [0.15, 0.2) is 54.7 Å². The maximum atomic E-state index is 13.8. The number of fused-ring (bicyclic) bond motifs is 1. The van der Waals surface area contributed by atoms with Gasteiger partial charge in [-0.1, -0.05) is 12.1 Å². The van der Waals surface area contributed by atoms with E-state index in [2.05, 4.69) is 15.4 Å². The van der Waals surface area contributed by atoms with Crippen LogP contribution in [0.5, 0.6) is 0 Å². The summed E-state index contributed by atoms with van der Waals surface area (Å²) < 4.78 is 29.2. The van der Waals surface area contributed by atoms with E-state index >= 15 is 0 Å². The number of hydrogen-bond acceptors (Lipinski definition) is 5. The van der Waals surface area contributed by atoms with Gasteiger partial charge < -0.3 is 11.1 Å². The highest BCUT2D eigenvalue weighted by Crippen LogP contribution is 2.32. The summed E-state index contributed by atoms with van der Waals surface area (Å²) in [6, 6.07) is 11.5. The molecule has 1 aliphatic heterocycles. The summed E-state index contributed by atoms with van der Waals surface area (Å²) in [7, 11) is 0. The number of nitrogens with zero attached hydrogens (tertiary/aromatic N) is 4. The molecule has 0 aliphatic carbocycles. The summed E-state index contributed by atoms with van der Waals surface area (Å²) in [5.41, 5.74) is 9.77. The third-order valence-corrected chi connectivity index (χ3v) is 5.77. The van der Waals surface area contributed by atoms with Gasteiger partial charge in [-0.3, -0.25) is 4.84 Å². The standard InChI is InChI=1S/C24H22F2N6O2/c1-14-4-5-15(16-6-7-22-29-23(27)30-31(22)13-16)11-20(14)28-24(33)32-21(3-2-8-34-32)17-9-18(25)12-19(26)10-17/h4-7,9-13,21H,2-3,8H2,1H3,(H2,27,30)(H,28,33). The number of nitrogens with two attached hydrogens (primary N) is 1. The Bertz CT molecular complexity index is 1370. The molecule has 5 rings (SSSR count). The number of pyridine rings is 1. The van der Waals surface area contributed by atoms with Crippen molar-refractivity contribution in [1.29, 1.82) is 0 Å². The van der Waals surface area contributed by atoms with Crippen LogP contribution in [0.25, 0.3) is 16.8 Å². The molecule has 0 bridgehead atoms. The van der Waals surface area contributed by atoms with Gasteiger partial charge in [-0.15, -0.1) is 5.10 Å². The summed E-state index contributed by atoms with van der Waals surface area (Å²) in [5, 5.41) is 8.18. The zero-order chi connectivity index (χ0) is 23.8. The minimum Gasteiger partial charge on any atom is -0.366 e. The summed E-state index contributed by atoms with van der Waals surface area (Å²) in [6.07, 6.45) is 2.99. The Balaban J connectivity index is 1.42. The Morgan fingerprint density at radius 1 is 1.12 bits per heavy atom. The van der Waals surface area contributed by atoms with Crippen molar-refractivity contribution in [3.8, 4) is 11.1 Å². The fourth-order valence-electron chi connectivity index (χ4n) is 4.09. The molecule has 3 N–H and O–H groups in total.